The van der Waals surface area contributed by atoms with Gasteiger partial charge in [0, 0.05) is 18.0 Å². The number of benzene rings is 3. The number of hydrogen-bond donors (Lipinski definition) is 0. The third kappa shape index (κ3) is 4.78. The fraction of sp³-hybridized carbons (Fsp3) is 0.192. The standard InChI is InChI=1S/C26H22ClFN2O3/c27-25-14-21(28)8-11-24(25)26(17-30-13-12-29-18-30)32-16-23(33-26)15-31-22-9-6-20(7-10-22)19-4-2-1-3-5-19/h1-14,18,23H,15-17H2/t23-,26-/m1/s1. The van der Waals surface area contributed by atoms with Gasteiger partial charge in [-0.05, 0) is 41.5 Å². The predicted molar refractivity (Wildman–Crippen MR) is 124 cm³/mol. The van der Waals surface area contributed by atoms with E-state index < -0.39 is 11.6 Å². The first kappa shape index (κ1) is 21.6. The molecule has 1 aromatic heterocycles. The molecule has 0 aliphatic carbocycles. The summed E-state index contributed by atoms with van der Waals surface area (Å²) in [5.74, 6) is -0.847. The van der Waals surface area contributed by atoms with Gasteiger partial charge in [-0.2, -0.15) is 0 Å². The largest absolute Gasteiger partial charge is 0.491 e. The molecule has 1 aliphatic rings. The van der Waals surface area contributed by atoms with Gasteiger partial charge >= 0.3 is 0 Å². The zero-order valence-electron chi connectivity index (χ0n) is 17.7. The van der Waals surface area contributed by atoms with Crippen molar-refractivity contribution in [2.24, 2.45) is 0 Å². The lowest BCUT2D eigenvalue weighted by atomic mass is 10.1. The molecule has 0 radical (unpaired) electrons. The molecule has 0 N–H and O–H groups in total. The highest BCUT2D eigenvalue weighted by molar-refractivity contribution is 6.31. The van der Waals surface area contributed by atoms with Crippen LogP contribution in [0.25, 0.3) is 11.1 Å². The lowest BCUT2D eigenvalue weighted by Gasteiger charge is -2.29. The second-order valence-electron chi connectivity index (χ2n) is 7.86. The Labute approximate surface area is 196 Å². The molecule has 0 unspecified atom stereocenters. The highest BCUT2D eigenvalue weighted by Gasteiger charge is 2.45. The summed E-state index contributed by atoms with van der Waals surface area (Å²) in [6.07, 6.45) is 4.83. The topological polar surface area (TPSA) is 45.5 Å². The first-order chi connectivity index (χ1) is 16.1. The van der Waals surface area contributed by atoms with Crippen molar-refractivity contribution in [2.45, 2.75) is 18.4 Å². The molecule has 0 bridgehead atoms. The Morgan fingerprint density at radius 3 is 2.58 bits per heavy atom. The highest BCUT2D eigenvalue weighted by Crippen LogP contribution is 2.40. The van der Waals surface area contributed by atoms with Crippen LogP contribution < -0.4 is 4.74 Å². The SMILES string of the molecule is Fc1ccc([C@]2(Cn3ccnc3)OC[C@@H](COc3ccc(-c4ccccc4)cc3)O2)c(Cl)c1. The van der Waals surface area contributed by atoms with Crippen LogP contribution in [0.4, 0.5) is 4.39 Å². The summed E-state index contributed by atoms with van der Waals surface area (Å²) >= 11 is 6.37. The molecule has 2 heterocycles. The molecule has 1 fully saturated rings. The maximum Gasteiger partial charge on any atom is 0.215 e. The minimum Gasteiger partial charge on any atom is -0.491 e. The molecule has 7 heteroatoms. The molecule has 3 aromatic carbocycles. The van der Waals surface area contributed by atoms with Gasteiger partial charge in [0.25, 0.3) is 0 Å². The van der Waals surface area contributed by atoms with Crippen molar-refractivity contribution in [1.29, 1.82) is 0 Å². The fourth-order valence-electron chi connectivity index (χ4n) is 3.94. The number of rotatable bonds is 7. The molecule has 4 aromatic rings. The van der Waals surface area contributed by atoms with Gasteiger partial charge in [-0.25, -0.2) is 9.37 Å². The van der Waals surface area contributed by atoms with Crippen molar-refractivity contribution in [3.63, 3.8) is 0 Å². The quantitative estimate of drug-likeness (QED) is 0.352. The van der Waals surface area contributed by atoms with E-state index in [2.05, 4.69) is 17.1 Å². The van der Waals surface area contributed by atoms with Gasteiger partial charge in [0.05, 0.1) is 24.5 Å². The molecule has 33 heavy (non-hydrogen) atoms. The predicted octanol–water partition coefficient (Wildman–Crippen LogP) is 5.69. The van der Waals surface area contributed by atoms with Crippen LogP contribution in [-0.2, 0) is 21.8 Å². The maximum atomic E-state index is 13.7. The Balaban J connectivity index is 1.29. The van der Waals surface area contributed by atoms with Crippen molar-refractivity contribution in [3.8, 4) is 16.9 Å². The summed E-state index contributed by atoms with van der Waals surface area (Å²) < 4.78 is 34.0. The summed E-state index contributed by atoms with van der Waals surface area (Å²) in [4.78, 5) is 4.08. The summed E-state index contributed by atoms with van der Waals surface area (Å²) in [6, 6.07) is 22.3. The Bertz CT molecular complexity index is 1200. The normalized spacial score (nSPS) is 20.1. The molecule has 2 atom stereocenters. The molecular formula is C26H22ClFN2O3. The Morgan fingerprint density at radius 2 is 1.85 bits per heavy atom. The van der Waals surface area contributed by atoms with Crippen molar-refractivity contribution in [3.05, 3.63) is 108 Å². The van der Waals surface area contributed by atoms with Gasteiger partial charge in [-0.3, -0.25) is 0 Å². The second-order valence-corrected chi connectivity index (χ2v) is 8.27. The number of aromatic nitrogens is 2. The third-order valence-corrected chi connectivity index (χ3v) is 5.86. The summed E-state index contributed by atoms with van der Waals surface area (Å²) in [6.45, 7) is 0.931. The maximum absolute atomic E-state index is 13.7. The van der Waals surface area contributed by atoms with Crippen molar-refractivity contribution >= 4 is 11.6 Å². The van der Waals surface area contributed by atoms with E-state index in [0.717, 1.165) is 16.9 Å². The molecule has 5 rings (SSSR count). The van der Waals surface area contributed by atoms with Gasteiger partial charge in [0.2, 0.25) is 5.79 Å². The van der Waals surface area contributed by atoms with Crippen LogP contribution in [0.5, 0.6) is 5.75 Å². The van der Waals surface area contributed by atoms with Gasteiger partial charge in [-0.15, -0.1) is 0 Å². The van der Waals surface area contributed by atoms with Crippen LogP contribution in [0.3, 0.4) is 0 Å². The molecule has 5 nitrogen and oxygen atoms in total. The number of nitrogens with zero attached hydrogens (tertiary/aromatic N) is 2. The van der Waals surface area contributed by atoms with Crippen molar-refractivity contribution in [2.75, 3.05) is 13.2 Å². The highest BCUT2D eigenvalue weighted by atomic mass is 35.5. The monoisotopic (exact) mass is 464 g/mol. The van der Waals surface area contributed by atoms with Crippen LogP contribution in [0.15, 0.2) is 91.5 Å². The molecular weight excluding hydrogens is 443 g/mol. The molecule has 0 saturated carbocycles. The van der Waals surface area contributed by atoms with Gasteiger partial charge in [-0.1, -0.05) is 54.1 Å². The first-order valence-electron chi connectivity index (χ1n) is 10.6. The van der Waals surface area contributed by atoms with Crippen LogP contribution in [0, 0.1) is 5.82 Å². The average molecular weight is 465 g/mol. The fourth-order valence-corrected chi connectivity index (χ4v) is 4.25. The van der Waals surface area contributed by atoms with E-state index in [0.29, 0.717) is 25.3 Å². The van der Waals surface area contributed by atoms with Crippen LogP contribution in [-0.4, -0.2) is 28.9 Å². The first-order valence-corrected chi connectivity index (χ1v) is 11.0. The number of hydrogen-bond acceptors (Lipinski definition) is 4. The molecule has 0 spiro atoms. The molecule has 1 aliphatic heterocycles. The van der Waals surface area contributed by atoms with Crippen molar-refractivity contribution in [1.82, 2.24) is 9.55 Å². The number of halogens is 2. The van der Waals surface area contributed by atoms with E-state index >= 15 is 0 Å². The summed E-state index contributed by atoms with van der Waals surface area (Å²) in [5.41, 5.74) is 2.83. The van der Waals surface area contributed by atoms with E-state index in [1.165, 1.54) is 12.1 Å². The summed E-state index contributed by atoms with van der Waals surface area (Å²) in [5, 5.41) is 0.244. The van der Waals surface area contributed by atoms with Crippen LogP contribution in [0.2, 0.25) is 5.02 Å². The Hall–Kier alpha value is -3.19. The van der Waals surface area contributed by atoms with Crippen LogP contribution >= 0.6 is 11.6 Å². The molecule has 0 amide bonds. The Morgan fingerprint density at radius 1 is 1.06 bits per heavy atom. The van der Waals surface area contributed by atoms with Crippen LogP contribution in [0.1, 0.15) is 5.56 Å². The lowest BCUT2D eigenvalue weighted by molar-refractivity contribution is -0.189. The van der Waals surface area contributed by atoms with E-state index in [1.807, 2.05) is 53.2 Å². The smallest absolute Gasteiger partial charge is 0.215 e. The molecule has 168 valence electrons. The number of imidazole rings is 1. The van der Waals surface area contributed by atoms with E-state index in [-0.39, 0.29) is 11.1 Å². The zero-order chi connectivity index (χ0) is 22.7. The third-order valence-electron chi connectivity index (χ3n) is 5.55. The lowest BCUT2D eigenvalue weighted by Crippen LogP contribution is -2.34. The Kier molecular flexibility index (Phi) is 6.13. The molecule has 1 saturated heterocycles. The van der Waals surface area contributed by atoms with Gasteiger partial charge in [0.15, 0.2) is 0 Å². The van der Waals surface area contributed by atoms with Crippen molar-refractivity contribution < 1.29 is 18.6 Å². The van der Waals surface area contributed by atoms with Gasteiger partial charge in [0.1, 0.15) is 24.3 Å². The second kappa shape index (κ2) is 9.35. The average Bonchev–Trinajstić information content (AvgIpc) is 3.49. The minimum atomic E-state index is -1.17. The van der Waals surface area contributed by atoms with E-state index in [9.17, 15) is 4.39 Å². The van der Waals surface area contributed by atoms with Gasteiger partial charge < -0.3 is 18.8 Å². The zero-order valence-corrected chi connectivity index (χ0v) is 18.5. The minimum absolute atomic E-state index is 0.244. The summed E-state index contributed by atoms with van der Waals surface area (Å²) in [7, 11) is 0. The van der Waals surface area contributed by atoms with E-state index in [1.54, 1.807) is 18.6 Å². The van der Waals surface area contributed by atoms with E-state index in [4.69, 9.17) is 25.8 Å². The number of ether oxygens (including phenoxy) is 3.